The average molecular weight is 262 g/mol. The van der Waals surface area contributed by atoms with Crippen LogP contribution in [0.1, 0.15) is 17.3 Å². The maximum Gasteiger partial charge on any atom is 0.279 e. The van der Waals surface area contributed by atoms with Crippen LogP contribution in [0.25, 0.3) is 0 Å². The number of rotatable bonds is 3. The van der Waals surface area contributed by atoms with Crippen molar-refractivity contribution in [3.63, 3.8) is 0 Å². The first-order valence-corrected chi connectivity index (χ1v) is 6.49. The molecule has 1 aromatic carbocycles. The molecule has 0 N–H and O–H groups in total. The number of ether oxygens (including phenoxy) is 1. The minimum Gasteiger partial charge on any atom is -0.497 e. The molecular formula is C13H14N2O2S. The molecule has 0 aliphatic rings. The van der Waals surface area contributed by atoms with Crippen LogP contribution >= 0.6 is 11.3 Å². The van der Waals surface area contributed by atoms with Crippen LogP contribution in [0.3, 0.4) is 0 Å². The minimum absolute atomic E-state index is 0.251. The van der Waals surface area contributed by atoms with E-state index in [9.17, 15) is 4.79 Å². The first-order valence-electron chi connectivity index (χ1n) is 5.61. The number of aryl methyl sites for hydroxylation is 1. The molecule has 1 aromatic heterocycles. The van der Waals surface area contributed by atoms with Crippen LogP contribution in [0, 0.1) is 0 Å². The van der Waals surface area contributed by atoms with Gasteiger partial charge in [-0.05, 0) is 25.1 Å². The number of benzene rings is 1. The number of hydrogen-bond donors (Lipinski definition) is 0. The van der Waals surface area contributed by atoms with Gasteiger partial charge in [0.25, 0.3) is 5.91 Å². The lowest BCUT2D eigenvalue weighted by Crippen LogP contribution is -2.15. The summed E-state index contributed by atoms with van der Waals surface area (Å²) in [6, 6.07) is 7.01. The summed E-state index contributed by atoms with van der Waals surface area (Å²) in [4.78, 5) is 16.9. The summed E-state index contributed by atoms with van der Waals surface area (Å²) < 4.78 is 7.02. The maximum absolute atomic E-state index is 12.0. The molecule has 0 fully saturated rings. The number of thiazole rings is 1. The highest BCUT2D eigenvalue weighted by atomic mass is 32.1. The summed E-state index contributed by atoms with van der Waals surface area (Å²) >= 11 is 1.45. The molecule has 0 atom stereocenters. The summed E-state index contributed by atoms with van der Waals surface area (Å²) in [5, 5.41) is 1.92. The van der Waals surface area contributed by atoms with E-state index in [0.29, 0.717) is 16.1 Å². The van der Waals surface area contributed by atoms with Crippen LogP contribution in [0.4, 0.5) is 0 Å². The third kappa shape index (κ3) is 2.68. The van der Waals surface area contributed by atoms with Gasteiger partial charge in [0, 0.05) is 23.7 Å². The largest absolute Gasteiger partial charge is 0.497 e. The third-order valence-electron chi connectivity index (χ3n) is 2.51. The second-order valence-corrected chi connectivity index (χ2v) is 4.49. The Morgan fingerprint density at radius 1 is 1.50 bits per heavy atom. The first kappa shape index (κ1) is 12.6. The topological polar surface area (TPSA) is 43.6 Å². The van der Waals surface area contributed by atoms with Crippen LogP contribution in [-0.4, -0.2) is 17.6 Å². The molecule has 0 spiro atoms. The van der Waals surface area contributed by atoms with Crippen molar-refractivity contribution in [2.24, 2.45) is 4.99 Å². The second kappa shape index (κ2) is 5.64. The van der Waals surface area contributed by atoms with Crippen LogP contribution in [0.5, 0.6) is 5.75 Å². The van der Waals surface area contributed by atoms with Gasteiger partial charge in [-0.15, -0.1) is 11.3 Å². The number of aromatic nitrogens is 1. The lowest BCUT2D eigenvalue weighted by Gasteiger charge is -2.00. The molecule has 0 saturated carbocycles. The number of amides is 1. The molecule has 0 unspecified atom stereocenters. The molecule has 0 aliphatic heterocycles. The molecule has 4 nitrogen and oxygen atoms in total. The standard InChI is InChI=1S/C13H14N2O2S/c1-3-15-7-8-18-13(15)14-12(16)10-5-4-6-11(9-10)17-2/h4-9H,3H2,1-2H3. The van der Waals surface area contributed by atoms with Crippen molar-refractivity contribution in [3.8, 4) is 5.75 Å². The monoisotopic (exact) mass is 262 g/mol. The zero-order valence-electron chi connectivity index (χ0n) is 10.3. The van der Waals surface area contributed by atoms with Gasteiger partial charge in [0.15, 0.2) is 4.80 Å². The van der Waals surface area contributed by atoms with Gasteiger partial charge in [0.05, 0.1) is 7.11 Å². The molecule has 1 heterocycles. The zero-order valence-corrected chi connectivity index (χ0v) is 11.1. The van der Waals surface area contributed by atoms with Gasteiger partial charge in [-0.1, -0.05) is 6.07 Å². The Hall–Kier alpha value is -1.88. The van der Waals surface area contributed by atoms with E-state index in [1.807, 2.05) is 23.1 Å². The molecular weight excluding hydrogens is 248 g/mol. The summed E-state index contributed by atoms with van der Waals surface area (Å²) in [7, 11) is 1.57. The van der Waals surface area contributed by atoms with Crippen molar-refractivity contribution in [2.45, 2.75) is 13.5 Å². The van der Waals surface area contributed by atoms with Gasteiger partial charge >= 0.3 is 0 Å². The fourth-order valence-corrected chi connectivity index (χ4v) is 2.33. The van der Waals surface area contributed by atoms with Gasteiger partial charge in [0.2, 0.25) is 0 Å². The number of nitrogens with zero attached hydrogens (tertiary/aromatic N) is 2. The molecule has 94 valence electrons. The summed E-state index contributed by atoms with van der Waals surface area (Å²) in [5.74, 6) is 0.407. The lowest BCUT2D eigenvalue weighted by molar-refractivity contribution is 0.0997. The van der Waals surface area contributed by atoms with Crippen LogP contribution < -0.4 is 9.54 Å². The SMILES string of the molecule is CCn1ccsc1=NC(=O)c1cccc(OC)c1. The van der Waals surface area contributed by atoms with Crippen molar-refractivity contribution in [2.75, 3.05) is 7.11 Å². The van der Waals surface area contributed by atoms with E-state index in [1.165, 1.54) is 11.3 Å². The summed E-state index contributed by atoms with van der Waals surface area (Å²) in [6.07, 6.45) is 1.92. The predicted octanol–water partition coefficient (Wildman–Crippen LogP) is 2.32. The summed E-state index contributed by atoms with van der Waals surface area (Å²) in [5.41, 5.74) is 0.533. The van der Waals surface area contributed by atoms with Gasteiger partial charge in [-0.2, -0.15) is 4.99 Å². The number of hydrogen-bond acceptors (Lipinski definition) is 3. The van der Waals surface area contributed by atoms with Crippen LogP contribution in [0.2, 0.25) is 0 Å². The Kier molecular flexibility index (Phi) is 3.94. The fraction of sp³-hybridized carbons (Fsp3) is 0.231. The number of methoxy groups -OCH3 is 1. The normalized spacial score (nSPS) is 11.6. The Balaban J connectivity index is 2.35. The number of carbonyl (C=O) groups excluding carboxylic acids is 1. The van der Waals surface area contributed by atoms with E-state index < -0.39 is 0 Å². The van der Waals surface area contributed by atoms with E-state index in [0.717, 1.165) is 6.54 Å². The van der Waals surface area contributed by atoms with Crippen molar-refractivity contribution in [1.82, 2.24) is 4.57 Å². The quantitative estimate of drug-likeness (QED) is 0.852. The molecule has 18 heavy (non-hydrogen) atoms. The highest BCUT2D eigenvalue weighted by Gasteiger charge is 2.05. The van der Waals surface area contributed by atoms with Gasteiger partial charge in [-0.3, -0.25) is 4.79 Å². The molecule has 5 heteroatoms. The van der Waals surface area contributed by atoms with E-state index in [2.05, 4.69) is 4.99 Å². The van der Waals surface area contributed by atoms with Crippen molar-refractivity contribution in [3.05, 3.63) is 46.2 Å². The molecule has 1 amide bonds. The van der Waals surface area contributed by atoms with Crippen molar-refractivity contribution >= 4 is 17.2 Å². The highest BCUT2D eigenvalue weighted by Crippen LogP contribution is 2.13. The Morgan fingerprint density at radius 2 is 2.33 bits per heavy atom. The Bertz CT molecular complexity index is 613. The zero-order chi connectivity index (χ0) is 13.0. The van der Waals surface area contributed by atoms with Crippen LogP contribution in [-0.2, 0) is 6.54 Å². The van der Waals surface area contributed by atoms with Crippen molar-refractivity contribution < 1.29 is 9.53 Å². The van der Waals surface area contributed by atoms with Crippen molar-refractivity contribution in [1.29, 1.82) is 0 Å². The Morgan fingerprint density at radius 3 is 3.06 bits per heavy atom. The molecule has 2 aromatic rings. The second-order valence-electron chi connectivity index (χ2n) is 3.62. The minimum atomic E-state index is -0.251. The van der Waals surface area contributed by atoms with Gasteiger partial charge in [-0.25, -0.2) is 0 Å². The molecule has 0 aliphatic carbocycles. The summed E-state index contributed by atoms with van der Waals surface area (Å²) in [6.45, 7) is 2.81. The molecule has 0 radical (unpaired) electrons. The highest BCUT2D eigenvalue weighted by molar-refractivity contribution is 7.07. The predicted molar refractivity (Wildman–Crippen MR) is 70.9 cm³/mol. The Labute approximate surface area is 109 Å². The molecule has 0 bridgehead atoms. The first-order chi connectivity index (χ1) is 8.74. The van der Waals surface area contributed by atoms with E-state index in [4.69, 9.17) is 4.74 Å². The molecule has 0 saturated heterocycles. The molecule has 2 rings (SSSR count). The van der Waals surface area contributed by atoms with E-state index >= 15 is 0 Å². The lowest BCUT2D eigenvalue weighted by atomic mass is 10.2. The fourth-order valence-electron chi connectivity index (χ4n) is 1.53. The maximum atomic E-state index is 12.0. The van der Waals surface area contributed by atoms with E-state index in [-0.39, 0.29) is 5.91 Å². The average Bonchev–Trinajstić information content (AvgIpc) is 2.86. The van der Waals surface area contributed by atoms with Crippen LogP contribution in [0.15, 0.2) is 40.8 Å². The third-order valence-corrected chi connectivity index (χ3v) is 3.31. The van der Waals surface area contributed by atoms with E-state index in [1.54, 1.807) is 31.4 Å². The smallest absolute Gasteiger partial charge is 0.279 e. The van der Waals surface area contributed by atoms with Gasteiger partial charge < -0.3 is 9.30 Å². The van der Waals surface area contributed by atoms with Gasteiger partial charge in [0.1, 0.15) is 5.75 Å². The number of carbonyl (C=O) groups is 1.